The van der Waals surface area contributed by atoms with Gasteiger partial charge in [-0.1, -0.05) is 0 Å². The SMILES string of the molecule is Cc1coc2ncnc(N3CCc4ncc(-c5cnn(C6CC6)c5)cc4C3)c12. The van der Waals surface area contributed by atoms with E-state index in [9.17, 15) is 0 Å². The van der Waals surface area contributed by atoms with Gasteiger partial charge in [0.1, 0.15) is 12.1 Å². The molecule has 1 aliphatic carbocycles. The zero-order valence-corrected chi connectivity index (χ0v) is 15.7. The Bertz CT molecular complexity index is 1190. The highest BCUT2D eigenvalue weighted by Crippen LogP contribution is 2.36. The number of aryl methyl sites for hydroxylation is 1. The van der Waals surface area contributed by atoms with Gasteiger partial charge in [0, 0.05) is 54.3 Å². The minimum Gasteiger partial charge on any atom is -0.446 e. The molecule has 0 aromatic carbocycles. The highest BCUT2D eigenvalue weighted by Gasteiger charge is 2.25. The predicted molar refractivity (Wildman–Crippen MR) is 105 cm³/mol. The summed E-state index contributed by atoms with van der Waals surface area (Å²) in [5.41, 5.74) is 6.39. The van der Waals surface area contributed by atoms with E-state index in [1.807, 2.05) is 19.3 Å². The van der Waals surface area contributed by atoms with Gasteiger partial charge in [0.2, 0.25) is 5.71 Å². The van der Waals surface area contributed by atoms with Crippen LogP contribution in [0.4, 0.5) is 5.82 Å². The second-order valence-electron chi connectivity index (χ2n) is 7.74. The zero-order valence-electron chi connectivity index (χ0n) is 15.7. The molecule has 5 heterocycles. The van der Waals surface area contributed by atoms with E-state index < -0.39 is 0 Å². The molecule has 0 amide bonds. The fourth-order valence-electron chi connectivity index (χ4n) is 4.03. The van der Waals surface area contributed by atoms with Gasteiger partial charge in [-0.15, -0.1) is 0 Å². The highest BCUT2D eigenvalue weighted by molar-refractivity contribution is 5.89. The van der Waals surface area contributed by atoms with Crippen molar-refractivity contribution >= 4 is 16.9 Å². The molecule has 4 aromatic rings. The third-order valence-electron chi connectivity index (χ3n) is 5.73. The van der Waals surface area contributed by atoms with E-state index in [-0.39, 0.29) is 0 Å². The molecular weight excluding hydrogens is 352 g/mol. The molecule has 0 N–H and O–H groups in total. The van der Waals surface area contributed by atoms with Crippen LogP contribution in [-0.2, 0) is 13.0 Å². The largest absolute Gasteiger partial charge is 0.446 e. The van der Waals surface area contributed by atoms with Gasteiger partial charge >= 0.3 is 0 Å². The predicted octanol–water partition coefficient (Wildman–Crippen LogP) is 3.69. The van der Waals surface area contributed by atoms with Gasteiger partial charge in [-0.25, -0.2) is 9.97 Å². The Morgan fingerprint density at radius 2 is 2.04 bits per heavy atom. The Hall–Kier alpha value is -3.22. The molecule has 0 spiro atoms. The number of rotatable bonds is 3. The Labute approximate surface area is 162 Å². The first-order chi connectivity index (χ1) is 13.8. The smallest absolute Gasteiger partial charge is 0.231 e. The van der Waals surface area contributed by atoms with Crippen molar-refractivity contribution in [3.05, 3.63) is 54.1 Å². The molecule has 0 radical (unpaired) electrons. The first kappa shape index (κ1) is 15.8. The summed E-state index contributed by atoms with van der Waals surface area (Å²) in [6.07, 6.45) is 12.8. The minimum atomic E-state index is 0.591. The lowest BCUT2D eigenvalue weighted by atomic mass is 10.0. The maximum atomic E-state index is 5.55. The number of nitrogens with zero attached hydrogens (tertiary/aromatic N) is 6. The summed E-state index contributed by atoms with van der Waals surface area (Å²) in [6.45, 7) is 3.70. The average Bonchev–Trinajstić information content (AvgIpc) is 3.34. The van der Waals surface area contributed by atoms with E-state index in [1.165, 1.54) is 24.1 Å². The third kappa shape index (κ3) is 2.50. The van der Waals surface area contributed by atoms with Crippen LogP contribution in [0, 0.1) is 6.92 Å². The van der Waals surface area contributed by atoms with Crippen LogP contribution in [-0.4, -0.2) is 31.3 Å². The molecule has 1 saturated carbocycles. The van der Waals surface area contributed by atoms with Crippen LogP contribution in [0.3, 0.4) is 0 Å². The summed E-state index contributed by atoms with van der Waals surface area (Å²) in [6, 6.07) is 2.84. The number of anilines is 1. The van der Waals surface area contributed by atoms with Crippen molar-refractivity contribution in [3.63, 3.8) is 0 Å². The molecule has 7 nitrogen and oxygen atoms in total. The van der Waals surface area contributed by atoms with E-state index in [4.69, 9.17) is 9.40 Å². The lowest BCUT2D eigenvalue weighted by Gasteiger charge is -2.29. The third-order valence-corrected chi connectivity index (χ3v) is 5.73. The van der Waals surface area contributed by atoms with Crippen molar-refractivity contribution < 1.29 is 4.42 Å². The summed E-state index contributed by atoms with van der Waals surface area (Å²) in [7, 11) is 0. The number of hydrogen-bond donors (Lipinski definition) is 0. The number of furan rings is 1. The van der Waals surface area contributed by atoms with Crippen LogP contribution in [0.5, 0.6) is 0 Å². The monoisotopic (exact) mass is 372 g/mol. The van der Waals surface area contributed by atoms with Gasteiger partial charge in [-0.05, 0) is 31.4 Å². The molecule has 4 aromatic heterocycles. The highest BCUT2D eigenvalue weighted by atomic mass is 16.3. The van der Waals surface area contributed by atoms with E-state index in [0.717, 1.165) is 47.4 Å². The van der Waals surface area contributed by atoms with Gasteiger partial charge in [0.25, 0.3) is 0 Å². The molecule has 2 aliphatic rings. The van der Waals surface area contributed by atoms with Gasteiger partial charge in [0.15, 0.2) is 0 Å². The maximum absolute atomic E-state index is 5.55. The summed E-state index contributed by atoms with van der Waals surface area (Å²) >= 11 is 0. The second kappa shape index (κ2) is 5.89. The Kier molecular flexibility index (Phi) is 3.32. The lowest BCUT2D eigenvalue weighted by Crippen LogP contribution is -2.31. The van der Waals surface area contributed by atoms with E-state index in [1.54, 1.807) is 12.6 Å². The summed E-state index contributed by atoms with van der Waals surface area (Å²) in [5.74, 6) is 0.939. The first-order valence-corrected chi connectivity index (χ1v) is 9.72. The molecule has 6 rings (SSSR count). The summed E-state index contributed by atoms with van der Waals surface area (Å²) in [5, 5.41) is 5.52. The molecule has 0 unspecified atom stereocenters. The fourth-order valence-corrected chi connectivity index (χ4v) is 4.03. The van der Waals surface area contributed by atoms with Crippen molar-refractivity contribution in [1.29, 1.82) is 0 Å². The molecular formula is C21H20N6O. The Morgan fingerprint density at radius 3 is 2.93 bits per heavy atom. The molecule has 7 heteroatoms. The number of fused-ring (bicyclic) bond motifs is 2. The molecule has 140 valence electrons. The van der Waals surface area contributed by atoms with Crippen molar-refractivity contribution in [3.8, 4) is 11.1 Å². The minimum absolute atomic E-state index is 0.591. The van der Waals surface area contributed by atoms with Gasteiger partial charge in [-0.3, -0.25) is 9.67 Å². The Morgan fingerprint density at radius 1 is 1.11 bits per heavy atom. The molecule has 0 atom stereocenters. The number of hydrogen-bond acceptors (Lipinski definition) is 6. The van der Waals surface area contributed by atoms with Crippen LogP contribution in [0.1, 0.15) is 35.7 Å². The van der Waals surface area contributed by atoms with Crippen LogP contribution >= 0.6 is 0 Å². The van der Waals surface area contributed by atoms with Gasteiger partial charge in [-0.2, -0.15) is 5.10 Å². The van der Waals surface area contributed by atoms with E-state index in [2.05, 4.69) is 36.9 Å². The molecule has 1 aliphatic heterocycles. The molecule has 0 bridgehead atoms. The molecule has 28 heavy (non-hydrogen) atoms. The average molecular weight is 372 g/mol. The van der Waals surface area contributed by atoms with Gasteiger partial charge in [0.05, 0.1) is 23.9 Å². The fraction of sp³-hybridized carbons (Fsp3) is 0.333. The van der Waals surface area contributed by atoms with Crippen LogP contribution in [0.25, 0.3) is 22.2 Å². The van der Waals surface area contributed by atoms with Crippen LogP contribution in [0.15, 0.2) is 41.7 Å². The second-order valence-corrected chi connectivity index (χ2v) is 7.74. The van der Waals surface area contributed by atoms with Crippen molar-refractivity contribution in [1.82, 2.24) is 24.7 Å². The quantitative estimate of drug-likeness (QED) is 0.546. The normalized spacial score (nSPS) is 16.5. The summed E-state index contributed by atoms with van der Waals surface area (Å²) < 4.78 is 7.64. The number of pyridine rings is 1. The lowest BCUT2D eigenvalue weighted by molar-refractivity contribution is 0.599. The molecule has 1 fully saturated rings. The van der Waals surface area contributed by atoms with Gasteiger partial charge < -0.3 is 9.32 Å². The topological polar surface area (TPSA) is 72.9 Å². The van der Waals surface area contributed by atoms with Crippen molar-refractivity contribution in [2.45, 2.75) is 38.8 Å². The van der Waals surface area contributed by atoms with Crippen molar-refractivity contribution in [2.24, 2.45) is 0 Å². The van der Waals surface area contributed by atoms with E-state index >= 15 is 0 Å². The summed E-state index contributed by atoms with van der Waals surface area (Å²) in [4.78, 5) is 15.9. The van der Waals surface area contributed by atoms with E-state index in [0.29, 0.717) is 11.8 Å². The van der Waals surface area contributed by atoms with Crippen molar-refractivity contribution in [2.75, 3.05) is 11.4 Å². The Balaban J connectivity index is 1.35. The maximum Gasteiger partial charge on any atom is 0.231 e. The number of aromatic nitrogens is 5. The van der Waals surface area contributed by atoms with Crippen LogP contribution < -0.4 is 4.90 Å². The standard InChI is InChI=1S/C21H20N6O/c1-13-11-28-21-19(13)20(23-12-24-21)26-5-4-18-15(9-26)6-14(7-22-18)16-8-25-27(10-16)17-2-3-17/h6-8,10-12,17H,2-5,9H2,1H3. The first-order valence-electron chi connectivity index (χ1n) is 9.72. The molecule has 0 saturated heterocycles. The van der Waals surface area contributed by atoms with Crippen LogP contribution in [0.2, 0.25) is 0 Å². The zero-order chi connectivity index (χ0) is 18.7.